The highest BCUT2D eigenvalue weighted by Gasteiger charge is 2.28. The Bertz CT molecular complexity index is 1480. The number of rotatable bonds is 5. The lowest BCUT2D eigenvalue weighted by molar-refractivity contribution is 0.0535. The van der Waals surface area contributed by atoms with Crippen LogP contribution in [0.3, 0.4) is 0 Å². The molecule has 2 amide bonds. The topological polar surface area (TPSA) is 105 Å². The average molecular weight is 598 g/mol. The summed E-state index contributed by atoms with van der Waals surface area (Å²) in [5, 5.41) is 21.6. The van der Waals surface area contributed by atoms with Crippen molar-refractivity contribution in [2.45, 2.75) is 71.1 Å². The van der Waals surface area contributed by atoms with Crippen LogP contribution in [0.2, 0.25) is 10.0 Å². The third-order valence-electron chi connectivity index (χ3n) is 6.63. The number of carbonyl (C=O) groups excluding carboxylic acids is 2. The number of carbonyl (C=O) groups is 2. The zero-order valence-electron chi connectivity index (χ0n) is 23.6. The van der Waals surface area contributed by atoms with Crippen LogP contribution in [0, 0.1) is 18.8 Å². The molecule has 2 atom stereocenters. The molecule has 0 unspecified atom stereocenters. The molecule has 1 heterocycles. The maximum Gasteiger partial charge on any atom is 0.408 e. The van der Waals surface area contributed by atoms with Crippen molar-refractivity contribution in [3.63, 3.8) is 0 Å². The largest absolute Gasteiger partial charge is 0.444 e. The lowest BCUT2D eigenvalue weighted by Gasteiger charge is -2.28. The molecule has 10 heteroatoms. The summed E-state index contributed by atoms with van der Waals surface area (Å²) < 4.78 is 6.85. The van der Waals surface area contributed by atoms with Crippen LogP contribution in [-0.2, 0) is 4.74 Å². The zero-order valence-corrected chi connectivity index (χ0v) is 25.1. The lowest BCUT2D eigenvalue weighted by atomic mass is 9.92. The normalized spacial score (nSPS) is 16.9. The van der Waals surface area contributed by atoms with Gasteiger partial charge in [0.05, 0.1) is 35.1 Å². The van der Waals surface area contributed by atoms with Crippen molar-refractivity contribution >= 4 is 35.2 Å². The summed E-state index contributed by atoms with van der Waals surface area (Å²) in [6.07, 6.45) is 2.17. The van der Waals surface area contributed by atoms with Crippen LogP contribution in [0.15, 0.2) is 42.5 Å². The van der Waals surface area contributed by atoms with Gasteiger partial charge >= 0.3 is 6.09 Å². The van der Waals surface area contributed by atoms with Crippen molar-refractivity contribution in [2.24, 2.45) is 0 Å². The minimum absolute atomic E-state index is 0.113. The minimum atomic E-state index is -0.589. The van der Waals surface area contributed by atoms with Gasteiger partial charge in [-0.2, -0.15) is 5.10 Å². The molecule has 1 fully saturated rings. The van der Waals surface area contributed by atoms with Gasteiger partial charge in [0.25, 0.3) is 5.91 Å². The van der Waals surface area contributed by atoms with Crippen LogP contribution < -0.4 is 10.6 Å². The maximum absolute atomic E-state index is 13.4. The standard InChI is InChI=1S/C31H34Cl2N4O4/c1-19-27(29(39)35-24-9-5-6-10-26(24)38)36-37(28(19)21-12-14-22(32)15-13-21)25-16-11-20(18-23(25)33)8-7-17-34-30(40)41-31(2,3)4/h11-16,18,24,26,38H,5-6,9-10,17H2,1-4H3,(H,34,40)(H,35,39)/t24-,26+/m0/s1. The molecule has 1 aliphatic rings. The zero-order chi connectivity index (χ0) is 29.7. The minimum Gasteiger partial charge on any atom is -0.444 e. The average Bonchev–Trinajstić information content (AvgIpc) is 3.24. The summed E-state index contributed by atoms with van der Waals surface area (Å²) in [7, 11) is 0. The predicted octanol–water partition coefficient (Wildman–Crippen LogP) is 6.06. The van der Waals surface area contributed by atoms with Gasteiger partial charge in [-0.25, -0.2) is 9.48 Å². The van der Waals surface area contributed by atoms with Crippen LogP contribution in [0.4, 0.5) is 4.79 Å². The Hall–Kier alpha value is -3.51. The number of benzene rings is 2. The van der Waals surface area contributed by atoms with Crippen LogP contribution in [0.1, 0.15) is 68.1 Å². The first-order valence-electron chi connectivity index (χ1n) is 13.5. The molecular weight excluding hydrogens is 563 g/mol. The number of ether oxygens (including phenoxy) is 1. The van der Waals surface area contributed by atoms with Gasteiger partial charge in [-0.3, -0.25) is 4.79 Å². The molecule has 0 spiro atoms. The van der Waals surface area contributed by atoms with Gasteiger partial charge in [0.2, 0.25) is 0 Å². The fraction of sp³-hybridized carbons (Fsp3) is 0.387. The van der Waals surface area contributed by atoms with Gasteiger partial charge < -0.3 is 20.5 Å². The molecule has 0 aliphatic heterocycles. The number of nitrogens with zero attached hydrogens (tertiary/aromatic N) is 2. The lowest BCUT2D eigenvalue weighted by Crippen LogP contribution is -2.45. The Morgan fingerprint density at radius 3 is 2.49 bits per heavy atom. The van der Waals surface area contributed by atoms with Gasteiger partial charge in [-0.15, -0.1) is 0 Å². The van der Waals surface area contributed by atoms with Gasteiger partial charge in [0, 0.05) is 21.7 Å². The maximum atomic E-state index is 13.4. The van der Waals surface area contributed by atoms with Crippen molar-refractivity contribution in [1.29, 1.82) is 0 Å². The number of amides is 2. The molecule has 216 valence electrons. The van der Waals surface area contributed by atoms with E-state index in [0.717, 1.165) is 24.8 Å². The van der Waals surface area contributed by atoms with E-state index >= 15 is 0 Å². The second kappa shape index (κ2) is 13.0. The molecule has 3 aromatic rings. The van der Waals surface area contributed by atoms with E-state index in [-0.39, 0.29) is 24.2 Å². The van der Waals surface area contributed by atoms with Crippen molar-refractivity contribution < 1.29 is 19.4 Å². The molecule has 1 aromatic heterocycles. The van der Waals surface area contributed by atoms with Crippen LogP contribution in [0.25, 0.3) is 16.9 Å². The number of aliphatic hydroxyl groups excluding tert-OH is 1. The number of nitrogens with one attached hydrogen (secondary N) is 2. The fourth-order valence-electron chi connectivity index (χ4n) is 4.68. The molecule has 1 aliphatic carbocycles. The van der Waals surface area contributed by atoms with E-state index in [1.54, 1.807) is 55.8 Å². The van der Waals surface area contributed by atoms with E-state index < -0.39 is 17.8 Å². The summed E-state index contributed by atoms with van der Waals surface area (Å²) in [6, 6.07) is 12.2. The first-order chi connectivity index (χ1) is 19.4. The Balaban J connectivity index is 1.62. The Labute approximate surface area is 250 Å². The Morgan fingerprint density at radius 2 is 1.83 bits per heavy atom. The highest BCUT2D eigenvalue weighted by molar-refractivity contribution is 6.32. The molecule has 3 N–H and O–H groups in total. The van der Waals surface area contributed by atoms with Gasteiger partial charge in [-0.1, -0.05) is 60.0 Å². The van der Waals surface area contributed by atoms with E-state index in [2.05, 4.69) is 22.5 Å². The number of alkyl carbamates (subject to hydrolysis) is 1. The quantitative estimate of drug-likeness (QED) is 0.310. The SMILES string of the molecule is Cc1c(C(=O)N[C@H]2CCCC[C@H]2O)nn(-c2ccc(C#CCNC(=O)OC(C)(C)C)cc2Cl)c1-c1ccc(Cl)cc1. The third kappa shape index (κ3) is 7.82. The summed E-state index contributed by atoms with van der Waals surface area (Å²) >= 11 is 12.9. The second-order valence-electron chi connectivity index (χ2n) is 11.0. The van der Waals surface area contributed by atoms with Gasteiger partial charge in [0.15, 0.2) is 5.69 Å². The van der Waals surface area contributed by atoms with Gasteiger partial charge in [-0.05, 0) is 70.9 Å². The number of halogens is 2. The van der Waals surface area contributed by atoms with E-state index in [1.807, 2.05) is 19.1 Å². The summed E-state index contributed by atoms with van der Waals surface area (Å²) in [5.74, 6) is 5.52. The van der Waals surface area contributed by atoms with Crippen LogP contribution in [0.5, 0.6) is 0 Å². The van der Waals surface area contributed by atoms with Crippen molar-refractivity contribution in [3.8, 4) is 28.8 Å². The molecule has 0 saturated heterocycles. The number of hydrogen-bond donors (Lipinski definition) is 3. The monoisotopic (exact) mass is 596 g/mol. The third-order valence-corrected chi connectivity index (χ3v) is 7.18. The second-order valence-corrected chi connectivity index (χ2v) is 11.8. The Kier molecular flexibility index (Phi) is 9.64. The van der Waals surface area contributed by atoms with Crippen molar-refractivity contribution in [1.82, 2.24) is 20.4 Å². The summed E-state index contributed by atoms with van der Waals surface area (Å²) in [6.45, 7) is 7.32. The number of aliphatic hydroxyl groups is 1. The number of hydrogen-bond acceptors (Lipinski definition) is 5. The first-order valence-corrected chi connectivity index (χ1v) is 14.3. The molecule has 41 heavy (non-hydrogen) atoms. The Morgan fingerprint density at radius 1 is 1.12 bits per heavy atom. The first kappa shape index (κ1) is 30.4. The number of aromatic nitrogens is 2. The molecule has 1 saturated carbocycles. The molecule has 2 aromatic carbocycles. The molecular formula is C31H34Cl2N4O4. The summed E-state index contributed by atoms with van der Waals surface area (Å²) in [5.41, 5.74) is 3.04. The van der Waals surface area contributed by atoms with E-state index in [0.29, 0.717) is 39.0 Å². The molecule has 0 bridgehead atoms. The molecule has 4 rings (SSSR count). The highest BCUT2D eigenvalue weighted by Crippen LogP contribution is 2.33. The van der Waals surface area contributed by atoms with Crippen molar-refractivity contribution in [2.75, 3.05) is 6.54 Å². The van der Waals surface area contributed by atoms with E-state index in [4.69, 9.17) is 33.0 Å². The molecule has 0 radical (unpaired) electrons. The molecule has 8 nitrogen and oxygen atoms in total. The summed E-state index contributed by atoms with van der Waals surface area (Å²) in [4.78, 5) is 25.2. The van der Waals surface area contributed by atoms with Crippen molar-refractivity contribution in [3.05, 3.63) is 69.3 Å². The van der Waals surface area contributed by atoms with E-state index in [1.165, 1.54) is 0 Å². The van der Waals surface area contributed by atoms with Crippen LogP contribution >= 0.6 is 23.2 Å². The fourth-order valence-corrected chi connectivity index (χ4v) is 5.07. The predicted molar refractivity (Wildman–Crippen MR) is 161 cm³/mol. The highest BCUT2D eigenvalue weighted by atomic mass is 35.5. The smallest absolute Gasteiger partial charge is 0.408 e. The van der Waals surface area contributed by atoms with Crippen LogP contribution in [-0.4, -0.2) is 51.2 Å². The van der Waals surface area contributed by atoms with Gasteiger partial charge in [0.1, 0.15) is 5.60 Å². The van der Waals surface area contributed by atoms with E-state index in [9.17, 15) is 14.7 Å².